The molecule has 2 atom stereocenters. The number of ether oxygens (including phenoxy) is 2. The molecule has 7 heteroatoms. The highest BCUT2D eigenvalue weighted by Crippen LogP contribution is 2.47. The first-order chi connectivity index (χ1) is 15.9. The summed E-state index contributed by atoms with van der Waals surface area (Å²) in [5.74, 6) is -1.37. The molecule has 2 aliphatic heterocycles. The summed E-state index contributed by atoms with van der Waals surface area (Å²) >= 11 is 0. The van der Waals surface area contributed by atoms with Crippen molar-refractivity contribution in [3.05, 3.63) is 58.9 Å². The average molecular weight is 450 g/mol. The Labute approximate surface area is 192 Å². The standard InChI is InChI=1S/C26H27NO6/c1-16-7-5-11-19(28)10-4-2-3-8-17-13-21-24(25(30)23(17)26(31)32-16)20(14-22(29)33-21)18-9-6-12-27-15-18/h3,6,8-9,12-13,15-16,20,30H,2,4-5,7,10-11,14H2,1H3/b8-3+/t16-,20-/m0/s1. The summed E-state index contributed by atoms with van der Waals surface area (Å²) in [5.41, 5.74) is 1.59. The maximum absolute atomic E-state index is 13.2. The molecule has 0 amide bonds. The number of aromatic hydroxyl groups is 1. The number of carbonyl (C=O) groups is 3. The van der Waals surface area contributed by atoms with Crippen LogP contribution in [0.15, 0.2) is 36.7 Å². The monoisotopic (exact) mass is 449 g/mol. The lowest BCUT2D eigenvalue weighted by Crippen LogP contribution is -2.23. The van der Waals surface area contributed by atoms with Gasteiger partial charge in [0, 0.05) is 36.7 Å². The molecule has 172 valence electrons. The number of benzene rings is 1. The van der Waals surface area contributed by atoms with E-state index in [1.54, 1.807) is 37.5 Å². The number of pyridine rings is 1. The Hall–Kier alpha value is -3.48. The molecule has 1 aromatic carbocycles. The summed E-state index contributed by atoms with van der Waals surface area (Å²) in [4.78, 5) is 41.6. The molecular formula is C26H27NO6. The number of fused-ring (bicyclic) bond motifs is 2. The number of phenolic OH excluding ortho intramolecular Hbond substituents is 1. The van der Waals surface area contributed by atoms with Gasteiger partial charge in [0.1, 0.15) is 22.8 Å². The molecule has 0 saturated heterocycles. The lowest BCUT2D eigenvalue weighted by molar-refractivity contribution is -0.135. The van der Waals surface area contributed by atoms with Crippen molar-refractivity contribution in [3.63, 3.8) is 0 Å². The van der Waals surface area contributed by atoms with E-state index in [0.29, 0.717) is 49.7 Å². The highest BCUT2D eigenvalue weighted by Gasteiger charge is 2.35. The fourth-order valence-corrected chi connectivity index (χ4v) is 4.39. The van der Waals surface area contributed by atoms with Gasteiger partial charge in [-0.2, -0.15) is 0 Å². The average Bonchev–Trinajstić information content (AvgIpc) is 2.78. The zero-order valence-corrected chi connectivity index (χ0v) is 18.6. The van der Waals surface area contributed by atoms with Crippen LogP contribution in [0.3, 0.4) is 0 Å². The number of nitrogens with zero attached hydrogens (tertiary/aromatic N) is 1. The quantitative estimate of drug-likeness (QED) is 0.497. The molecule has 0 spiro atoms. The molecule has 7 nitrogen and oxygen atoms in total. The molecule has 4 rings (SSSR count). The van der Waals surface area contributed by atoms with Crippen LogP contribution >= 0.6 is 0 Å². The molecule has 0 unspecified atom stereocenters. The minimum absolute atomic E-state index is 0.0281. The van der Waals surface area contributed by atoms with E-state index in [-0.39, 0.29) is 29.3 Å². The number of Topliss-reactive ketones (excluding diaryl/α,β-unsaturated/α-hetero) is 1. The van der Waals surface area contributed by atoms with Crippen molar-refractivity contribution in [2.45, 2.75) is 63.9 Å². The number of cyclic esters (lactones) is 1. The second-order valence-corrected chi connectivity index (χ2v) is 8.56. The Bertz CT molecular complexity index is 1090. The van der Waals surface area contributed by atoms with Crippen LogP contribution in [-0.2, 0) is 14.3 Å². The molecule has 1 N–H and O–H groups in total. The number of rotatable bonds is 1. The number of ketones is 1. The first kappa shape index (κ1) is 22.7. The largest absolute Gasteiger partial charge is 0.507 e. The Morgan fingerprint density at radius 2 is 1.97 bits per heavy atom. The zero-order valence-electron chi connectivity index (χ0n) is 18.6. The molecule has 0 aliphatic carbocycles. The SMILES string of the molecule is C[C@H]1CCCC(=O)CCC/C=C/c2cc3c(c(O)c2C(=O)O1)[C@H](c1cccnc1)CC(=O)O3. The van der Waals surface area contributed by atoms with Gasteiger partial charge in [-0.3, -0.25) is 14.6 Å². The molecular weight excluding hydrogens is 422 g/mol. The number of carbonyl (C=O) groups excluding carboxylic acids is 3. The third-order valence-electron chi connectivity index (χ3n) is 6.06. The van der Waals surface area contributed by atoms with Gasteiger partial charge < -0.3 is 14.6 Å². The fraction of sp³-hybridized carbons (Fsp3) is 0.385. The second-order valence-electron chi connectivity index (χ2n) is 8.56. The topological polar surface area (TPSA) is 103 Å². The molecule has 3 heterocycles. The van der Waals surface area contributed by atoms with Gasteiger partial charge in [0.15, 0.2) is 0 Å². The van der Waals surface area contributed by atoms with E-state index in [9.17, 15) is 19.5 Å². The van der Waals surface area contributed by atoms with Crippen molar-refractivity contribution in [1.29, 1.82) is 0 Å². The third kappa shape index (κ3) is 5.13. The number of aromatic nitrogens is 1. The van der Waals surface area contributed by atoms with Gasteiger partial charge in [0.05, 0.1) is 12.5 Å². The summed E-state index contributed by atoms with van der Waals surface area (Å²) < 4.78 is 11.1. The van der Waals surface area contributed by atoms with Crippen LogP contribution in [0.25, 0.3) is 6.08 Å². The van der Waals surface area contributed by atoms with E-state index in [1.165, 1.54) is 0 Å². The maximum Gasteiger partial charge on any atom is 0.342 e. The molecule has 1 aromatic heterocycles. The number of esters is 2. The number of allylic oxidation sites excluding steroid dienone is 1. The van der Waals surface area contributed by atoms with Crippen molar-refractivity contribution < 1.29 is 29.0 Å². The van der Waals surface area contributed by atoms with Crippen molar-refractivity contribution in [2.24, 2.45) is 0 Å². The van der Waals surface area contributed by atoms with Crippen LogP contribution in [-0.4, -0.2) is 33.9 Å². The van der Waals surface area contributed by atoms with Crippen LogP contribution in [0.5, 0.6) is 11.5 Å². The van der Waals surface area contributed by atoms with Crippen LogP contribution in [0.4, 0.5) is 0 Å². The van der Waals surface area contributed by atoms with Gasteiger partial charge in [0.25, 0.3) is 0 Å². The highest BCUT2D eigenvalue weighted by atomic mass is 16.5. The Kier molecular flexibility index (Phi) is 6.87. The second kappa shape index (κ2) is 9.98. The van der Waals surface area contributed by atoms with Crippen molar-refractivity contribution in [2.75, 3.05) is 0 Å². The molecule has 0 fully saturated rings. The summed E-state index contributed by atoms with van der Waals surface area (Å²) in [6.45, 7) is 1.78. The van der Waals surface area contributed by atoms with E-state index in [0.717, 1.165) is 5.56 Å². The third-order valence-corrected chi connectivity index (χ3v) is 6.06. The summed E-state index contributed by atoms with van der Waals surface area (Å²) in [7, 11) is 0. The summed E-state index contributed by atoms with van der Waals surface area (Å²) in [6, 6.07) is 5.19. The van der Waals surface area contributed by atoms with E-state index in [2.05, 4.69) is 4.98 Å². The van der Waals surface area contributed by atoms with Gasteiger partial charge in [-0.25, -0.2) is 4.79 Å². The van der Waals surface area contributed by atoms with Crippen LogP contribution < -0.4 is 4.74 Å². The zero-order chi connectivity index (χ0) is 23.4. The molecule has 0 saturated carbocycles. The van der Waals surface area contributed by atoms with Gasteiger partial charge in [0.2, 0.25) is 0 Å². The van der Waals surface area contributed by atoms with Crippen molar-refractivity contribution in [3.8, 4) is 11.5 Å². The van der Waals surface area contributed by atoms with Gasteiger partial charge in [-0.05, 0) is 55.9 Å². The Balaban J connectivity index is 1.80. The first-order valence-electron chi connectivity index (χ1n) is 11.3. The molecule has 0 radical (unpaired) electrons. The minimum Gasteiger partial charge on any atom is -0.507 e. The Morgan fingerprint density at radius 1 is 1.15 bits per heavy atom. The molecule has 2 aliphatic rings. The summed E-state index contributed by atoms with van der Waals surface area (Å²) in [5, 5.41) is 11.3. The van der Waals surface area contributed by atoms with Crippen LogP contribution in [0.1, 0.15) is 84.8 Å². The Morgan fingerprint density at radius 3 is 2.76 bits per heavy atom. The van der Waals surface area contributed by atoms with E-state index in [1.807, 2.05) is 12.1 Å². The van der Waals surface area contributed by atoms with Gasteiger partial charge >= 0.3 is 11.9 Å². The minimum atomic E-state index is -0.646. The first-order valence-corrected chi connectivity index (χ1v) is 11.3. The van der Waals surface area contributed by atoms with Gasteiger partial charge in [-0.1, -0.05) is 18.2 Å². The smallest absolute Gasteiger partial charge is 0.342 e. The highest BCUT2D eigenvalue weighted by molar-refractivity contribution is 5.98. The van der Waals surface area contributed by atoms with E-state index in [4.69, 9.17) is 9.47 Å². The fourth-order valence-electron chi connectivity index (χ4n) is 4.39. The number of hydrogen-bond acceptors (Lipinski definition) is 7. The lowest BCUT2D eigenvalue weighted by atomic mass is 9.84. The predicted octanol–water partition coefficient (Wildman–Crippen LogP) is 4.71. The van der Waals surface area contributed by atoms with E-state index < -0.39 is 24.0 Å². The van der Waals surface area contributed by atoms with Crippen LogP contribution in [0, 0.1) is 0 Å². The van der Waals surface area contributed by atoms with Gasteiger partial charge in [-0.15, -0.1) is 0 Å². The number of phenols is 1. The normalized spacial score (nSPS) is 22.9. The maximum atomic E-state index is 13.2. The molecule has 2 aromatic rings. The number of hydrogen-bond donors (Lipinski definition) is 1. The van der Waals surface area contributed by atoms with Crippen molar-refractivity contribution in [1.82, 2.24) is 4.98 Å². The lowest BCUT2D eigenvalue weighted by Gasteiger charge is -2.27. The van der Waals surface area contributed by atoms with Crippen LogP contribution in [0.2, 0.25) is 0 Å². The van der Waals surface area contributed by atoms with Crippen molar-refractivity contribution >= 4 is 23.8 Å². The predicted molar refractivity (Wildman–Crippen MR) is 121 cm³/mol. The molecule has 33 heavy (non-hydrogen) atoms. The van der Waals surface area contributed by atoms with E-state index >= 15 is 0 Å². The molecule has 0 bridgehead atoms. The summed E-state index contributed by atoms with van der Waals surface area (Å²) in [6.07, 6.45) is 9.98.